The van der Waals surface area contributed by atoms with Crippen LogP contribution in [0.3, 0.4) is 0 Å². The summed E-state index contributed by atoms with van der Waals surface area (Å²) in [5.41, 5.74) is 6.45. The number of nitrogens with two attached hydrogens (primary N) is 1. The molecule has 1 aromatic rings. The van der Waals surface area contributed by atoms with Gasteiger partial charge in [0.2, 0.25) is 0 Å². The number of fused-ring (bicyclic) bond motifs is 1. The Morgan fingerprint density at radius 3 is 2.76 bits per heavy atom. The van der Waals surface area contributed by atoms with E-state index in [1.54, 1.807) is 0 Å². The molecule has 0 spiro atoms. The third-order valence-electron chi connectivity index (χ3n) is 2.67. The van der Waals surface area contributed by atoms with Crippen LogP contribution in [0.15, 0.2) is 18.2 Å². The van der Waals surface area contributed by atoms with E-state index in [0.29, 0.717) is 26.1 Å². The smallest absolute Gasteiger partial charge is 0.320 e. The van der Waals surface area contributed by atoms with E-state index in [-0.39, 0.29) is 0 Å². The molecule has 0 bridgehead atoms. The summed E-state index contributed by atoms with van der Waals surface area (Å²) in [5.74, 6) is 0.489. The number of aryl methyl sites for hydroxylation is 1. The first-order valence-electron chi connectivity index (χ1n) is 5.54. The van der Waals surface area contributed by atoms with Crippen LogP contribution in [0.2, 0.25) is 0 Å². The Labute approximate surface area is 99.1 Å². The predicted molar refractivity (Wildman–Crippen MR) is 61.4 cm³/mol. The van der Waals surface area contributed by atoms with E-state index in [2.05, 4.69) is 0 Å². The molecule has 1 heterocycles. The molecule has 92 valence electrons. The average molecular weight is 237 g/mol. The molecule has 5 nitrogen and oxygen atoms in total. The number of aliphatic carboxylic acids is 1. The maximum Gasteiger partial charge on any atom is 0.320 e. The first-order chi connectivity index (χ1) is 8.16. The second-order valence-electron chi connectivity index (χ2n) is 3.96. The van der Waals surface area contributed by atoms with E-state index in [4.69, 9.17) is 20.3 Å². The standard InChI is InChI=1S/C12H15NO4/c13-9(12(14)15)3-1-8-2-4-10-11(7-8)17-6-5-16-10/h2,4,7,9H,1,3,5-6,13H2,(H,14,15). The zero-order valence-corrected chi connectivity index (χ0v) is 9.39. The van der Waals surface area contributed by atoms with Crippen LogP contribution in [-0.2, 0) is 11.2 Å². The minimum absolute atomic E-state index is 0.412. The summed E-state index contributed by atoms with van der Waals surface area (Å²) in [4.78, 5) is 10.6. The molecule has 1 atom stereocenters. The summed E-state index contributed by atoms with van der Waals surface area (Å²) in [6.07, 6.45) is 1.03. The summed E-state index contributed by atoms with van der Waals surface area (Å²) < 4.78 is 10.8. The maximum atomic E-state index is 10.6. The van der Waals surface area contributed by atoms with Crippen LogP contribution in [0.4, 0.5) is 0 Å². The normalized spacial score (nSPS) is 15.4. The predicted octanol–water partition coefficient (Wildman–Crippen LogP) is 0.802. The Kier molecular flexibility index (Phi) is 3.49. The number of carboxylic acids is 1. The van der Waals surface area contributed by atoms with Gasteiger partial charge in [0.25, 0.3) is 0 Å². The van der Waals surface area contributed by atoms with E-state index in [0.717, 1.165) is 17.1 Å². The zero-order chi connectivity index (χ0) is 12.3. The van der Waals surface area contributed by atoms with Gasteiger partial charge in [0, 0.05) is 0 Å². The van der Waals surface area contributed by atoms with Gasteiger partial charge in [-0.3, -0.25) is 4.79 Å². The molecule has 3 N–H and O–H groups in total. The minimum atomic E-state index is -0.970. The van der Waals surface area contributed by atoms with Crippen molar-refractivity contribution in [3.05, 3.63) is 23.8 Å². The Morgan fingerprint density at radius 1 is 1.35 bits per heavy atom. The van der Waals surface area contributed by atoms with Crippen molar-refractivity contribution in [1.29, 1.82) is 0 Å². The van der Waals surface area contributed by atoms with Gasteiger partial charge in [0.05, 0.1) is 0 Å². The van der Waals surface area contributed by atoms with Crippen LogP contribution >= 0.6 is 0 Å². The molecule has 1 aromatic carbocycles. The number of carbonyl (C=O) groups is 1. The van der Waals surface area contributed by atoms with Crippen molar-refractivity contribution >= 4 is 5.97 Å². The van der Waals surface area contributed by atoms with Gasteiger partial charge < -0.3 is 20.3 Å². The number of hydrogen-bond donors (Lipinski definition) is 2. The minimum Gasteiger partial charge on any atom is -0.486 e. The summed E-state index contributed by atoms with van der Waals surface area (Å²) in [5, 5.41) is 8.68. The van der Waals surface area contributed by atoms with Gasteiger partial charge >= 0.3 is 5.97 Å². The molecule has 0 fully saturated rings. The number of carboxylic acid groups (broad SMARTS) is 1. The van der Waals surface area contributed by atoms with Crippen LogP contribution in [-0.4, -0.2) is 30.3 Å². The lowest BCUT2D eigenvalue weighted by molar-refractivity contribution is -0.138. The SMILES string of the molecule is NC(CCc1ccc2c(c1)OCCO2)C(=O)O. The maximum absolute atomic E-state index is 10.6. The van der Waals surface area contributed by atoms with Crippen molar-refractivity contribution in [2.75, 3.05) is 13.2 Å². The molecule has 1 unspecified atom stereocenters. The van der Waals surface area contributed by atoms with E-state index < -0.39 is 12.0 Å². The quantitative estimate of drug-likeness (QED) is 0.809. The fourth-order valence-electron chi connectivity index (χ4n) is 1.69. The Morgan fingerprint density at radius 2 is 2.06 bits per heavy atom. The number of hydrogen-bond acceptors (Lipinski definition) is 4. The molecule has 0 amide bonds. The van der Waals surface area contributed by atoms with Crippen molar-refractivity contribution in [3.8, 4) is 11.5 Å². The lowest BCUT2D eigenvalue weighted by Crippen LogP contribution is -2.30. The molecule has 5 heteroatoms. The van der Waals surface area contributed by atoms with E-state index >= 15 is 0 Å². The highest BCUT2D eigenvalue weighted by Crippen LogP contribution is 2.31. The monoisotopic (exact) mass is 237 g/mol. The van der Waals surface area contributed by atoms with Crippen molar-refractivity contribution in [3.63, 3.8) is 0 Å². The average Bonchev–Trinajstić information content (AvgIpc) is 2.35. The molecule has 2 rings (SSSR count). The first kappa shape index (κ1) is 11.7. The fraction of sp³-hybridized carbons (Fsp3) is 0.417. The highest BCUT2D eigenvalue weighted by atomic mass is 16.6. The Balaban J connectivity index is 2.00. The van der Waals surface area contributed by atoms with Gasteiger partial charge in [-0.15, -0.1) is 0 Å². The van der Waals surface area contributed by atoms with Gasteiger partial charge in [0.15, 0.2) is 11.5 Å². The van der Waals surface area contributed by atoms with E-state index in [1.165, 1.54) is 0 Å². The second-order valence-corrected chi connectivity index (χ2v) is 3.96. The third kappa shape index (κ3) is 2.88. The molecule has 0 aliphatic carbocycles. The summed E-state index contributed by atoms with van der Waals surface area (Å²) >= 11 is 0. The molecule has 1 aliphatic heterocycles. The fourth-order valence-corrected chi connectivity index (χ4v) is 1.69. The van der Waals surface area contributed by atoms with Crippen LogP contribution in [0.5, 0.6) is 11.5 Å². The van der Waals surface area contributed by atoms with Crippen LogP contribution in [0.25, 0.3) is 0 Å². The van der Waals surface area contributed by atoms with Gasteiger partial charge in [-0.25, -0.2) is 0 Å². The summed E-state index contributed by atoms with van der Waals surface area (Å²) in [6, 6.07) is 4.81. The summed E-state index contributed by atoms with van der Waals surface area (Å²) in [6.45, 7) is 1.11. The molecule has 0 saturated heterocycles. The second kappa shape index (κ2) is 5.05. The van der Waals surface area contributed by atoms with Crippen molar-refractivity contribution in [2.45, 2.75) is 18.9 Å². The molecule has 1 aliphatic rings. The van der Waals surface area contributed by atoms with E-state index in [1.807, 2.05) is 18.2 Å². The highest BCUT2D eigenvalue weighted by molar-refractivity contribution is 5.73. The molecule has 0 radical (unpaired) electrons. The van der Waals surface area contributed by atoms with Crippen LogP contribution in [0, 0.1) is 0 Å². The van der Waals surface area contributed by atoms with Crippen molar-refractivity contribution < 1.29 is 19.4 Å². The van der Waals surface area contributed by atoms with Crippen LogP contribution in [0.1, 0.15) is 12.0 Å². The number of rotatable bonds is 4. The molecular weight excluding hydrogens is 222 g/mol. The zero-order valence-electron chi connectivity index (χ0n) is 9.39. The molecular formula is C12H15NO4. The van der Waals surface area contributed by atoms with Crippen molar-refractivity contribution in [1.82, 2.24) is 0 Å². The lowest BCUT2D eigenvalue weighted by Gasteiger charge is -2.19. The van der Waals surface area contributed by atoms with Gasteiger partial charge in [-0.1, -0.05) is 6.07 Å². The lowest BCUT2D eigenvalue weighted by atomic mass is 10.1. The molecule has 0 saturated carbocycles. The largest absolute Gasteiger partial charge is 0.486 e. The van der Waals surface area contributed by atoms with Crippen LogP contribution < -0.4 is 15.2 Å². The third-order valence-corrected chi connectivity index (χ3v) is 2.67. The topological polar surface area (TPSA) is 81.8 Å². The Hall–Kier alpha value is -1.75. The Bertz CT molecular complexity index is 419. The molecule has 0 aromatic heterocycles. The number of benzene rings is 1. The van der Waals surface area contributed by atoms with Gasteiger partial charge in [-0.05, 0) is 30.5 Å². The summed E-state index contributed by atoms with van der Waals surface area (Å²) in [7, 11) is 0. The first-order valence-corrected chi connectivity index (χ1v) is 5.54. The highest BCUT2D eigenvalue weighted by Gasteiger charge is 2.14. The van der Waals surface area contributed by atoms with Gasteiger partial charge in [-0.2, -0.15) is 0 Å². The molecule has 17 heavy (non-hydrogen) atoms. The van der Waals surface area contributed by atoms with E-state index in [9.17, 15) is 4.79 Å². The van der Waals surface area contributed by atoms with Gasteiger partial charge in [0.1, 0.15) is 19.3 Å². The number of ether oxygens (including phenoxy) is 2. The van der Waals surface area contributed by atoms with Crippen molar-refractivity contribution in [2.24, 2.45) is 5.73 Å².